The molecule has 0 radical (unpaired) electrons. The number of nitrogens with one attached hydrogen (secondary N) is 3. The van der Waals surface area contributed by atoms with Gasteiger partial charge in [-0.05, 0) is 48.9 Å². The number of fused-ring (bicyclic) bond motifs is 2. The van der Waals surface area contributed by atoms with Crippen molar-refractivity contribution in [2.75, 3.05) is 23.3 Å². The maximum absolute atomic E-state index is 12.4. The molecule has 0 atom stereocenters. The van der Waals surface area contributed by atoms with E-state index < -0.39 is 0 Å². The van der Waals surface area contributed by atoms with Crippen LogP contribution < -0.4 is 10.2 Å². The van der Waals surface area contributed by atoms with Gasteiger partial charge in [0.1, 0.15) is 11.2 Å². The number of anilines is 2. The fourth-order valence-electron chi connectivity index (χ4n) is 5.11. The van der Waals surface area contributed by atoms with Gasteiger partial charge in [0.15, 0.2) is 5.82 Å². The lowest BCUT2D eigenvalue weighted by molar-refractivity contribution is -0.117. The molecule has 1 amide bonds. The van der Waals surface area contributed by atoms with E-state index in [-0.39, 0.29) is 11.3 Å². The van der Waals surface area contributed by atoms with Gasteiger partial charge in [-0.2, -0.15) is 5.10 Å². The summed E-state index contributed by atoms with van der Waals surface area (Å²) in [6, 6.07) is 10.2. The van der Waals surface area contributed by atoms with Crippen LogP contribution in [0.3, 0.4) is 0 Å². The van der Waals surface area contributed by atoms with Crippen LogP contribution in [0.15, 0.2) is 48.9 Å². The molecular formula is C29H32N8O. The van der Waals surface area contributed by atoms with Gasteiger partial charge in [-0.1, -0.05) is 26.8 Å². The SMILES string of the molecule is CC(C)(C)CC(=O)Nc1cncc(-c2cc3c(-c4nc5c(N6CCCCC6)cccc5[nH]4)n[nH]c3cn2)c1. The van der Waals surface area contributed by atoms with E-state index in [2.05, 4.69) is 53.6 Å². The van der Waals surface area contributed by atoms with Crippen molar-refractivity contribution in [2.24, 2.45) is 5.41 Å². The summed E-state index contributed by atoms with van der Waals surface area (Å²) in [5, 5.41) is 11.5. The predicted molar refractivity (Wildman–Crippen MR) is 151 cm³/mol. The monoisotopic (exact) mass is 508 g/mol. The first kappa shape index (κ1) is 24.1. The Morgan fingerprint density at radius 1 is 1.05 bits per heavy atom. The molecule has 5 aromatic rings. The second-order valence-electron chi connectivity index (χ2n) is 11.2. The van der Waals surface area contributed by atoms with Crippen molar-refractivity contribution in [3.05, 3.63) is 48.9 Å². The number of hydrogen-bond acceptors (Lipinski definition) is 6. The molecular weight excluding hydrogens is 476 g/mol. The predicted octanol–water partition coefficient (Wildman–Crippen LogP) is 5.93. The van der Waals surface area contributed by atoms with E-state index in [4.69, 9.17) is 4.98 Å². The van der Waals surface area contributed by atoms with Gasteiger partial charge in [-0.15, -0.1) is 0 Å². The Labute approximate surface area is 221 Å². The number of pyridine rings is 2. The first-order chi connectivity index (χ1) is 18.3. The molecule has 0 bridgehead atoms. The van der Waals surface area contributed by atoms with E-state index >= 15 is 0 Å². The van der Waals surface area contributed by atoms with Gasteiger partial charge >= 0.3 is 0 Å². The Kier molecular flexibility index (Phi) is 6.06. The Morgan fingerprint density at radius 2 is 1.89 bits per heavy atom. The molecule has 0 saturated carbocycles. The van der Waals surface area contributed by atoms with Gasteiger partial charge in [-0.25, -0.2) is 4.98 Å². The van der Waals surface area contributed by atoms with E-state index in [1.165, 1.54) is 24.9 Å². The molecule has 9 heteroatoms. The number of aromatic nitrogens is 6. The van der Waals surface area contributed by atoms with Crippen molar-refractivity contribution in [1.29, 1.82) is 0 Å². The molecule has 1 aromatic carbocycles. The lowest BCUT2D eigenvalue weighted by Gasteiger charge is -2.28. The average molecular weight is 509 g/mol. The van der Waals surface area contributed by atoms with Crippen molar-refractivity contribution in [1.82, 2.24) is 30.1 Å². The number of amides is 1. The molecule has 6 rings (SSSR count). The maximum atomic E-state index is 12.4. The number of imidazole rings is 1. The first-order valence-electron chi connectivity index (χ1n) is 13.2. The fourth-order valence-corrected chi connectivity index (χ4v) is 5.11. The van der Waals surface area contributed by atoms with Gasteiger partial charge in [0.25, 0.3) is 0 Å². The summed E-state index contributed by atoms with van der Waals surface area (Å²) in [5.74, 6) is 0.681. The minimum absolute atomic E-state index is 0.0363. The lowest BCUT2D eigenvalue weighted by atomic mass is 9.92. The van der Waals surface area contributed by atoms with Crippen molar-refractivity contribution in [2.45, 2.75) is 46.5 Å². The average Bonchev–Trinajstić information content (AvgIpc) is 3.51. The number of rotatable bonds is 5. The lowest BCUT2D eigenvalue weighted by Crippen LogP contribution is -2.29. The minimum atomic E-state index is -0.0927. The number of carbonyl (C=O) groups is 1. The molecule has 3 N–H and O–H groups in total. The number of carbonyl (C=O) groups excluding carboxylic acids is 1. The van der Waals surface area contributed by atoms with E-state index in [1.807, 2.05) is 32.9 Å². The van der Waals surface area contributed by atoms with E-state index in [0.717, 1.165) is 52.0 Å². The molecule has 0 aliphatic carbocycles. The van der Waals surface area contributed by atoms with Gasteiger partial charge in [0, 0.05) is 36.7 Å². The second kappa shape index (κ2) is 9.55. The highest BCUT2D eigenvalue weighted by Gasteiger charge is 2.20. The van der Waals surface area contributed by atoms with Crippen molar-refractivity contribution in [3.8, 4) is 22.8 Å². The highest BCUT2D eigenvalue weighted by Crippen LogP contribution is 2.33. The summed E-state index contributed by atoms with van der Waals surface area (Å²) < 4.78 is 0. The van der Waals surface area contributed by atoms with Gasteiger partial charge in [-0.3, -0.25) is 19.9 Å². The molecule has 9 nitrogen and oxygen atoms in total. The zero-order chi connectivity index (χ0) is 26.3. The summed E-state index contributed by atoms with van der Waals surface area (Å²) >= 11 is 0. The van der Waals surface area contributed by atoms with Crippen LogP contribution in [-0.2, 0) is 4.79 Å². The quantitative estimate of drug-likeness (QED) is 0.271. The van der Waals surface area contributed by atoms with Crippen LogP contribution in [0, 0.1) is 5.41 Å². The molecule has 5 heterocycles. The molecule has 0 spiro atoms. The van der Waals surface area contributed by atoms with Crippen LogP contribution in [-0.4, -0.2) is 49.1 Å². The van der Waals surface area contributed by atoms with Crippen molar-refractivity contribution >= 4 is 39.2 Å². The fraction of sp³-hybridized carbons (Fsp3) is 0.345. The molecule has 0 unspecified atom stereocenters. The van der Waals surface area contributed by atoms with Crippen LogP contribution in [0.25, 0.3) is 44.7 Å². The number of piperidine rings is 1. The summed E-state index contributed by atoms with van der Waals surface area (Å²) in [5.41, 5.74) is 6.81. The van der Waals surface area contributed by atoms with Crippen LogP contribution in [0.1, 0.15) is 46.5 Å². The minimum Gasteiger partial charge on any atom is -0.370 e. The van der Waals surface area contributed by atoms with Gasteiger partial charge in [0.05, 0.1) is 40.5 Å². The molecule has 194 valence electrons. The molecule has 1 aliphatic rings. The second-order valence-corrected chi connectivity index (χ2v) is 11.2. The van der Waals surface area contributed by atoms with Crippen LogP contribution in [0.2, 0.25) is 0 Å². The third kappa shape index (κ3) is 4.83. The largest absolute Gasteiger partial charge is 0.370 e. The topological polar surface area (TPSA) is 115 Å². The molecule has 4 aromatic heterocycles. The van der Waals surface area contributed by atoms with Gasteiger partial charge < -0.3 is 15.2 Å². The molecule has 1 saturated heterocycles. The molecule has 1 aliphatic heterocycles. The normalized spacial score (nSPS) is 14.3. The van der Waals surface area contributed by atoms with Crippen LogP contribution in [0.5, 0.6) is 0 Å². The number of benzene rings is 1. The Morgan fingerprint density at radius 3 is 2.71 bits per heavy atom. The number of nitrogens with zero attached hydrogens (tertiary/aromatic N) is 5. The summed E-state index contributed by atoms with van der Waals surface area (Å²) in [6.45, 7) is 8.25. The smallest absolute Gasteiger partial charge is 0.224 e. The summed E-state index contributed by atoms with van der Waals surface area (Å²) in [6.07, 6.45) is 9.31. The Hall–Kier alpha value is -4.27. The Bertz CT molecular complexity index is 1620. The zero-order valence-corrected chi connectivity index (χ0v) is 22.0. The third-order valence-electron chi connectivity index (χ3n) is 6.87. The number of aromatic amines is 2. The first-order valence-corrected chi connectivity index (χ1v) is 13.2. The zero-order valence-electron chi connectivity index (χ0n) is 22.0. The number of para-hydroxylation sites is 1. The van der Waals surface area contributed by atoms with E-state index in [0.29, 0.717) is 17.9 Å². The maximum Gasteiger partial charge on any atom is 0.224 e. The molecule has 38 heavy (non-hydrogen) atoms. The summed E-state index contributed by atoms with van der Waals surface area (Å²) in [4.78, 5) is 32.3. The van der Waals surface area contributed by atoms with Crippen LogP contribution >= 0.6 is 0 Å². The Balaban J connectivity index is 1.33. The standard InChI is InChI=1S/C29H32N8O/c1-29(2,3)14-25(38)32-19-12-18(15-30-16-19)22-13-20-23(17-31-22)35-36-26(20)28-33-21-8-7-9-24(27(21)34-28)37-10-5-4-6-11-37/h7-9,12-13,15-17H,4-6,10-11,14H2,1-3H3,(H,32,38)(H,33,34)(H,35,36). The van der Waals surface area contributed by atoms with E-state index in [1.54, 1.807) is 18.6 Å². The van der Waals surface area contributed by atoms with Crippen LogP contribution in [0.4, 0.5) is 11.4 Å². The third-order valence-corrected chi connectivity index (χ3v) is 6.87. The molecule has 1 fully saturated rings. The summed E-state index contributed by atoms with van der Waals surface area (Å²) in [7, 11) is 0. The highest BCUT2D eigenvalue weighted by atomic mass is 16.1. The van der Waals surface area contributed by atoms with E-state index in [9.17, 15) is 4.79 Å². The highest BCUT2D eigenvalue weighted by molar-refractivity contribution is 5.97. The van der Waals surface area contributed by atoms with Gasteiger partial charge in [0.2, 0.25) is 5.91 Å². The van der Waals surface area contributed by atoms with Crippen molar-refractivity contribution < 1.29 is 4.79 Å². The number of hydrogen-bond donors (Lipinski definition) is 3. The van der Waals surface area contributed by atoms with Crippen molar-refractivity contribution in [3.63, 3.8) is 0 Å². The number of H-pyrrole nitrogens is 2.